The van der Waals surface area contributed by atoms with Crippen LogP contribution in [0.4, 0.5) is 0 Å². The maximum absolute atomic E-state index is 13.9. The molecule has 0 amide bonds. The van der Waals surface area contributed by atoms with Crippen molar-refractivity contribution in [2.75, 3.05) is 0 Å². The molecule has 3 nitrogen and oxygen atoms in total. The van der Waals surface area contributed by atoms with Crippen LogP contribution in [0.1, 0.15) is 36.8 Å². The topological polar surface area (TPSA) is 57.5 Å². The summed E-state index contributed by atoms with van der Waals surface area (Å²) >= 11 is 12.3. The number of hydrogen-bond donors (Lipinski definition) is 2. The molecule has 0 aromatic heterocycles. The Morgan fingerprint density at radius 1 is 0.808 bits per heavy atom. The van der Waals surface area contributed by atoms with Crippen LogP contribution in [0.15, 0.2) is 48.5 Å². The molecule has 0 spiro atoms. The minimum atomic E-state index is -0.771. The van der Waals surface area contributed by atoms with Crippen LogP contribution in [0.3, 0.4) is 0 Å². The third-order valence-corrected chi connectivity index (χ3v) is 6.43. The van der Waals surface area contributed by atoms with Crippen molar-refractivity contribution in [3.8, 4) is 0 Å². The largest absolute Gasteiger partial charge is 0.393 e. The third kappa shape index (κ3) is 2.69. The van der Waals surface area contributed by atoms with Crippen LogP contribution < -0.4 is 0 Å². The van der Waals surface area contributed by atoms with E-state index >= 15 is 0 Å². The predicted octanol–water partition coefficient (Wildman–Crippen LogP) is 4.05. The normalized spacial score (nSPS) is 33.2. The predicted molar refractivity (Wildman–Crippen MR) is 102 cm³/mol. The van der Waals surface area contributed by atoms with Crippen LogP contribution in [-0.4, -0.2) is 28.2 Å². The molecule has 2 fully saturated rings. The van der Waals surface area contributed by atoms with Gasteiger partial charge < -0.3 is 10.2 Å². The van der Waals surface area contributed by atoms with Crippen molar-refractivity contribution in [2.24, 2.45) is 0 Å². The number of rotatable bonds is 4. The Hall–Kier alpha value is -1.39. The summed E-state index contributed by atoms with van der Waals surface area (Å²) in [5, 5.41) is 21.2. The van der Waals surface area contributed by atoms with Gasteiger partial charge in [-0.2, -0.15) is 0 Å². The standard InChI is InChI=1S/C21H20Cl2O3/c22-15-5-1-3-13(7-15)20(9-17(24)10-20)19(26)21(11-18(25)12-21)14-4-2-6-16(23)8-14/h1-8,17-18,24-25H,9-12H2. The second-order valence-corrected chi connectivity index (χ2v) is 8.51. The molecule has 0 heterocycles. The van der Waals surface area contributed by atoms with Crippen LogP contribution in [-0.2, 0) is 15.6 Å². The summed E-state index contributed by atoms with van der Waals surface area (Å²) < 4.78 is 0. The summed E-state index contributed by atoms with van der Waals surface area (Å²) in [6.45, 7) is 0. The second kappa shape index (κ2) is 6.35. The molecule has 0 bridgehead atoms. The van der Waals surface area contributed by atoms with Gasteiger partial charge in [0.15, 0.2) is 5.78 Å². The van der Waals surface area contributed by atoms with Gasteiger partial charge in [-0.25, -0.2) is 0 Å². The van der Waals surface area contributed by atoms with E-state index in [1.165, 1.54) is 0 Å². The van der Waals surface area contributed by atoms with E-state index in [0.717, 1.165) is 11.1 Å². The smallest absolute Gasteiger partial charge is 0.154 e. The third-order valence-electron chi connectivity index (χ3n) is 5.96. The van der Waals surface area contributed by atoms with Gasteiger partial charge >= 0.3 is 0 Å². The van der Waals surface area contributed by atoms with Gasteiger partial charge in [-0.1, -0.05) is 47.5 Å². The minimum Gasteiger partial charge on any atom is -0.393 e. The molecule has 5 heteroatoms. The molecular weight excluding hydrogens is 371 g/mol. The number of aliphatic hydroxyl groups excluding tert-OH is 2. The van der Waals surface area contributed by atoms with Crippen molar-refractivity contribution in [3.63, 3.8) is 0 Å². The fourth-order valence-electron chi connectivity index (χ4n) is 4.62. The van der Waals surface area contributed by atoms with E-state index < -0.39 is 23.0 Å². The summed E-state index contributed by atoms with van der Waals surface area (Å²) in [7, 11) is 0. The first kappa shape index (κ1) is 18.0. The summed E-state index contributed by atoms with van der Waals surface area (Å²) in [5.41, 5.74) is 0.130. The number of hydrogen-bond acceptors (Lipinski definition) is 3. The van der Waals surface area contributed by atoms with E-state index in [0.29, 0.717) is 35.7 Å². The first-order valence-corrected chi connectivity index (χ1v) is 9.54. The Morgan fingerprint density at radius 2 is 1.19 bits per heavy atom. The molecule has 2 aromatic carbocycles. The zero-order valence-electron chi connectivity index (χ0n) is 14.2. The highest BCUT2D eigenvalue weighted by molar-refractivity contribution is 6.31. The van der Waals surface area contributed by atoms with E-state index in [1.54, 1.807) is 12.1 Å². The molecule has 26 heavy (non-hydrogen) atoms. The molecule has 0 atom stereocenters. The van der Waals surface area contributed by atoms with Crippen molar-refractivity contribution in [3.05, 3.63) is 69.7 Å². The Kier molecular flexibility index (Phi) is 4.39. The molecule has 2 saturated carbocycles. The molecule has 136 valence electrons. The fraction of sp³-hybridized carbons (Fsp3) is 0.381. The van der Waals surface area contributed by atoms with Crippen molar-refractivity contribution < 1.29 is 15.0 Å². The fourth-order valence-corrected chi connectivity index (χ4v) is 5.00. The number of halogens is 2. The number of carbonyl (C=O) groups is 1. The van der Waals surface area contributed by atoms with E-state index in [4.69, 9.17) is 23.2 Å². The summed E-state index contributed by atoms with van der Waals surface area (Å²) in [6, 6.07) is 14.6. The molecule has 2 aliphatic carbocycles. The van der Waals surface area contributed by atoms with Crippen LogP contribution in [0.5, 0.6) is 0 Å². The Balaban J connectivity index is 1.80. The van der Waals surface area contributed by atoms with Gasteiger partial charge in [-0.3, -0.25) is 4.79 Å². The highest BCUT2D eigenvalue weighted by Crippen LogP contribution is 2.55. The van der Waals surface area contributed by atoms with E-state index in [2.05, 4.69) is 0 Å². The zero-order valence-corrected chi connectivity index (χ0v) is 15.7. The Labute approximate surface area is 162 Å². The van der Waals surface area contributed by atoms with E-state index in [1.807, 2.05) is 36.4 Å². The van der Waals surface area contributed by atoms with Gasteiger partial charge in [0.05, 0.1) is 23.0 Å². The van der Waals surface area contributed by atoms with Crippen LogP contribution >= 0.6 is 23.2 Å². The second-order valence-electron chi connectivity index (χ2n) is 7.64. The first-order valence-electron chi connectivity index (χ1n) is 8.79. The van der Waals surface area contributed by atoms with Crippen molar-refractivity contribution >= 4 is 29.0 Å². The summed E-state index contributed by atoms with van der Waals surface area (Å²) in [5.74, 6) is 0.0464. The summed E-state index contributed by atoms with van der Waals surface area (Å²) in [6.07, 6.45) is 0.517. The first-order chi connectivity index (χ1) is 12.4. The lowest BCUT2D eigenvalue weighted by Crippen LogP contribution is -2.62. The Bertz CT molecular complexity index is 782. The molecule has 2 N–H and O–H groups in total. The monoisotopic (exact) mass is 390 g/mol. The lowest BCUT2D eigenvalue weighted by atomic mass is 9.49. The van der Waals surface area contributed by atoms with Crippen molar-refractivity contribution in [2.45, 2.75) is 48.7 Å². The molecule has 0 saturated heterocycles. The van der Waals surface area contributed by atoms with E-state index in [9.17, 15) is 15.0 Å². The zero-order chi connectivity index (χ0) is 18.5. The van der Waals surface area contributed by atoms with Gasteiger partial charge in [0.2, 0.25) is 0 Å². The van der Waals surface area contributed by atoms with Crippen molar-refractivity contribution in [1.82, 2.24) is 0 Å². The lowest BCUT2D eigenvalue weighted by Gasteiger charge is -2.54. The molecule has 2 aliphatic rings. The lowest BCUT2D eigenvalue weighted by molar-refractivity contribution is -0.147. The maximum atomic E-state index is 13.9. The van der Waals surface area contributed by atoms with Gasteiger partial charge in [-0.05, 0) is 61.1 Å². The number of benzene rings is 2. The molecule has 4 rings (SSSR count). The van der Waals surface area contributed by atoms with Gasteiger partial charge in [0.25, 0.3) is 0 Å². The average molecular weight is 391 g/mol. The summed E-state index contributed by atoms with van der Waals surface area (Å²) in [4.78, 5) is 13.9. The van der Waals surface area contributed by atoms with Crippen LogP contribution in [0, 0.1) is 0 Å². The van der Waals surface area contributed by atoms with Crippen molar-refractivity contribution in [1.29, 1.82) is 0 Å². The number of aliphatic hydroxyl groups is 2. The molecular formula is C21H20Cl2O3. The Morgan fingerprint density at radius 3 is 1.50 bits per heavy atom. The minimum absolute atomic E-state index is 0.0464. The molecule has 0 aliphatic heterocycles. The molecule has 0 radical (unpaired) electrons. The highest BCUT2D eigenvalue weighted by Gasteiger charge is 2.61. The quantitative estimate of drug-likeness (QED) is 0.827. The van der Waals surface area contributed by atoms with Crippen LogP contribution in [0.25, 0.3) is 0 Å². The molecule has 2 aromatic rings. The van der Waals surface area contributed by atoms with Gasteiger partial charge in [0, 0.05) is 10.0 Å². The highest BCUT2D eigenvalue weighted by atomic mass is 35.5. The van der Waals surface area contributed by atoms with Crippen LogP contribution in [0.2, 0.25) is 10.0 Å². The average Bonchev–Trinajstić information content (AvgIpc) is 2.55. The number of Topliss-reactive ketones (excluding diaryl/α,β-unsaturated/α-hetero) is 1. The van der Waals surface area contributed by atoms with Gasteiger partial charge in [0.1, 0.15) is 0 Å². The maximum Gasteiger partial charge on any atom is 0.154 e. The van der Waals surface area contributed by atoms with Gasteiger partial charge in [-0.15, -0.1) is 0 Å². The van der Waals surface area contributed by atoms with E-state index in [-0.39, 0.29) is 5.78 Å². The SMILES string of the molecule is O=C(C1(c2cccc(Cl)c2)CC(O)C1)C1(c2cccc(Cl)c2)CC(O)C1. The number of carbonyl (C=O) groups excluding carboxylic acids is 1. The number of ketones is 1. The molecule has 0 unspecified atom stereocenters.